The van der Waals surface area contributed by atoms with Crippen molar-refractivity contribution >= 4 is 27.8 Å². The molecule has 1 heterocycles. The lowest BCUT2D eigenvalue weighted by Crippen LogP contribution is -2.10. The van der Waals surface area contributed by atoms with Gasteiger partial charge in [-0.05, 0) is 15.9 Å². The van der Waals surface area contributed by atoms with Crippen LogP contribution in [0.4, 0.5) is 5.95 Å². The Labute approximate surface area is 94.8 Å². The molecule has 0 bridgehead atoms. The van der Waals surface area contributed by atoms with Crippen LogP contribution in [0.2, 0.25) is 0 Å². The lowest BCUT2D eigenvalue weighted by atomic mass is 10.4. The third kappa shape index (κ3) is 3.70. The van der Waals surface area contributed by atoms with Gasteiger partial charge in [0, 0.05) is 6.54 Å². The van der Waals surface area contributed by atoms with E-state index in [1.165, 1.54) is 13.3 Å². The van der Waals surface area contributed by atoms with Crippen LogP contribution < -0.4 is 10.1 Å². The van der Waals surface area contributed by atoms with Crippen molar-refractivity contribution in [1.29, 1.82) is 0 Å². The van der Waals surface area contributed by atoms with Crippen LogP contribution in [0, 0.1) is 0 Å². The van der Waals surface area contributed by atoms with Gasteiger partial charge in [-0.25, -0.2) is 4.98 Å². The Morgan fingerprint density at radius 1 is 1.73 bits per heavy atom. The van der Waals surface area contributed by atoms with Crippen molar-refractivity contribution in [3.8, 4) is 5.88 Å². The summed E-state index contributed by atoms with van der Waals surface area (Å²) >= 11 is 3.21. The van der Waals surface area contributed by atoms with Gasteiger partial charge in [-0.1, -0.05) is 0 Å². The van der Waals surface area contributed by atoms with E-state index < -0.39 is 5.97 Å². The fraction of sp³-hybridized carbons (Fsp3) is 0.375. The number of carbonyl (C=O) groups is 1. The molecule has 0 aromatic carbocycles. The van der Waals surface area contributed by atoms with E-state index in [1.54, 1.807) is 0 Å². The smallest absolute Gasteiger partial charge is 0.305 e. The molecule has 0 radical (unpaired) electrons. The zero-order chi connectivity index (χ0) is 11.3. The van der Waals surface area contributed by atoms with Crippen LogP contribution in [-0.2, 0) is 4.79 Å². The molecule has 0 saturated carbocycles. The quantitative estimate of drug-likeness (QED) is 0.838. The van der Waals surface area contributed by atoms with Gasteiger partial charge < -0.3 is 15.2 Å². The second-order valence-electron chi connectivity index (χ2n) is 2.62. The molecular formula is C8H10BrN3O3. The van der Waals surface area contributed by atoms with Crippen LogP contribution in [0.15, 0.2) is 10.7 Å². The van der Waals surface area contributed by atoms with Crippen molar-refractivity contribution in [2.75, 3.05) is 19.0 Å². The molecule has 7 heteroatoms. The lowest BCUT2D eigenvalue weighted by Gasteiger charge is -2.05. The number of ether oxygens (including phenoxy) is 1. The number of anilines is 1. The molecular weight excluding hydrogens is 266 g/mol. The molecule has 0 aliphatic rings. The maximum atomic E-state index is 10.3. The molecule has 0 aliphatic carbocycles. The minimum Gasteiger partial charge on any atom is -0.481 e. The number of aromatic nitrogens is 2. The Hall–Kier alpha value is -1.37. The highest BCUT2D eigenvalue weighted by Crippen LogP contribution is 2.21. The molecule has 0 fully saturated rings. The molecule has 0 saturated heterocycles. The fourth-order valence-electron chi connectivity index (χ4n) is 0.861. The Bertz CT molecular complexity index is 359. The van der Waals surface area contributed by atoms with Gasteiger partial charge in [0.15, 0.2) is 0 Å². The van der Waals surface area contributed by atoms with Gasteiger partial charge in [0.2, 0.25) is 11.8 Å². The Balaban J connectivity index is 2.58. The standard InChI is InChI=1S/C8H10BrN3O3/c1-15-7-5(9)4-11-8(12-7)10-3-2-6(13)14/h4H,2-3H2,1H3,(H,13,14)(H,10,11,12). The molecule has 82 valence electrons. The van der Waals surface area contributed by atoms with Crippen LogP contribution in [-0.4, -0.2) is 34.7 Å². The summed E-state index contributed by atoms with van der Waals surface area (Å²) in [5.74, 6) is -0.120. The molecule has 0 amide bonds. The molecule has 1 aromatic rings. The van der Waals surface area contributed by atoms with Gasteiger partial charge in [0.1, 0.15) is 0 Å². The van der Waals surface area contributed by atoms with Gasteiger partial charge in [-0.2, -0.15) is 4.98 Å². The molecule has 15 heavy (non-hydrogen) atoms. The van der Waals surface area contributed by atoms with E-state index in [1.807, 2.05) is 0 Å². The van der Waals surface area contributed by atoms with E-state index in [9.17, 15) is 4.79 Å². The van der Waals surface area contributed by atoms with Crippen LogP contribution >= 0.6 is 15.9 Å². The lowest BCUT2D eigenvalue weighted by molar-refractivity contribution is -0.136. The number of methoxy groups -OCH3 is 1. The first-order valence-corrected chi connectivity index (χ1v) is 4.95. The zero-order valence-corrected chi connectivity index (χ0v) is 9.61. The van der Waals surface area contributed by atoms with E-state index >= 15 is 0 Å². The maximum Gasteiger partial charge on any atom is 0.305 e. The first-order valence-electron chi connectivity index (χ1n) is 4.15. The van der Waals surface area contributed by atoms with Crippen molar-refractivity contribution in [3.63, 3.8) is 0 Å². The highest BCUT2D eigenvalue weighted by atomic mass is 79.9. The SMILES string of the molecule is COc1nc(NCCC(=O)O)ncc1Br. The van der Waals surface area contributed by atoms with Crippen LogP contribution in [0.25, 0.3) is 0 Å². The van der Waals surface area contributed by atoms with E-state index in [4.69, 9.17) is 9.84 Å². The summed E-state index contributed by atoms with van der Waals surface area (Å²) in [4.78, 5) is 18.2. The van der Waals surface area contributed by atoms with Gasteiger partial charge in [0.05, 0.1) is 24.2 Å². The third-order valence-electron chi connectivity index (χ3n) is 1.53. The van der Waals surface area contributed by atoms with Gasteiger partial charge >= 0.3 is 5.97 Å². The second kappa shape index (κ2) is 5.50. The first-order chi connectivity index (χ1) is 7.13. The summed E-state index contributed by atoms with van der Waals surface area (Å²) in [6, 6.07) is 0. The van der Waals surface area contributed by atoms with Crippen LogP contribution in [0.5, 0.6) is 5.88 Å². The summed E-state index contributed by atoms with van der Waals surface area (Å²) < 4.78 is 5.61. The predicted octanol–water partition coefficient (Wildman–Crippen LogP) is 1.13. The summed E-state index contributed by atoms with van der Waals surface area (Å²) in [6.07, 6.45) is 1.55. The number of aliphatic carboxylic acids is 1. The molecule has 2 N–H and O–H groups in total. The number of hydrogen-bond donors (Lipinski definition) is 2. The molecule has 0 atom stereocenters. The van der Waals surface area contributed by atoms with Crippen molar-refractivity contribution in [3.05, 3.63) is 10.7 Å². The summed E-state index contributed by atoms with van der Waals surface area (Å²) in [7, 11) is 1.49. The van der Waals surface area contributed by atoms with E-state index in [0.29, 0.717) is 16.3 Å². The molecule has 1 aromatic heterocycles. The minimum atomic E-state index is -0.869. The van der Waals surface area contributed by atoms with Crippen LogP contribution in [0.3, 0.4) is 0 Å². The molecule has 0 aliphatic heterocycles. The van der Waals surface area contributed by atoms with Gasteiger partial charge in [-0.15, -0.1) is 0 Å². The van der Waals surface area contributed by atoms with Crippen molar-refractivity contribution in [2.24, 2.45) is 0 Å². The molecule has 6 nitrogen and oxygen atoms in total. The highest BCUT2D eigenvalue weighted by Gasteiger charge is 2.04. The minimum absolute atomic E-state index is 0.0156. The van der Waals surface area contributed by atoms with Gasteiger partial charge in [0.25, 0.3) is 0 Å². The number of carboxylic acid groups (broad SMARTS) is 1. The van der Waals surface area contributed by atoms with Crippen LogP contribution in [0.1, 0.15) is 6.42 Å². The largest absolute Gasteiger partial charge is 0.481 e. The number of halogens is 1. The van der Waals surface area contributed by atoms with E-state index in [0.717, 1.165) is 0 Å². The number of nitrogens with zero attached hydrogens (tertiary/aromatic N) is 2. The fourth-order valence-corrected chi connectivity index (χ4v) is 1.21. The summed E-state index contributed by atoms with van der Waals surface area (Å²) in [5.41, 5.74) is 0. The summed E-state index contributed by atoms with van der Waals surface area (Å²) in [5, 5.41) is 11.2. The monoisotopic (exact) mass is 275 g/mol. The molecule has 0 spiro atoms. The van der Waals surface area contributed by atoms with E-state index in [2.05, 4.69) is 31.2 Å². The number of carboxylic acids is 1. The maximum absolute atomic E-state index is 10.3. The van der Waals surface area contributed by atoms with Gasteiger partial charge in [-0.3, -0.25) is 4.79 Å². The molecule has 0 unspecified atom stereocenters. The second-order valence-corrected chi connectivity index (χ2v) is 3.48. The number of hydrogen-bond acceptors (Lipinski definition) is 5. The van der Waals surface area contributed by atoms with E-state index in [-0.39, 0.29) is 13.0 Å². The number of rotatable bonds is 5. The Kier molecular flexibility index (Phi) is 4.29. The topological polar surface area (TPSA) is 84.3 Å². The van der Waals surface area contributed by atoms with Crippen molar-refractivity contribution in [1.82, 2.24) is 9.97 Å². The average molecular weight is 276 g/mol. The Morgan fingerprint density at radius 3 is 3.07 bits per heavy atom. The molecule has 1 rings (SSSR count). The number of nitrogens with one attached hydrogen (secondary N) is 1. The predicted molar refractivity (Wildman–Crippen MR) is 57.0 cm³/mol. The highest BCUT2D eigenvalue weighted by molar-refractivity contribution is 9.10. The zero-order valence-electron chi connectivity index (χ0n) is 8.03. The normalized spacial score (nSPS) is 9.73. The average Bonchev–Trinajstić information content (AvgIpc) is 2.20. The first kappa shape index (κ1) is 11.7. The van der Waals surface area contributed by atoms with Crippen molar-refractivity contribution in [2.45, 2.75) is 6.42 Å². The summed E-state index contributed by atoms with van der Waals surface area (Å²) in [6.45, 7) is 0.278. The van der Waals surface area contributed by atoms with Crippen molar-refractivity contribution < 1.29 is 14.6 Å². The third-order valence-corrected chi connectivity index (χ3v) is 2.07. The Morgan fingerprint density at radius 2 is 2.47 bits per heavy atom.